The zero-order valence-corrected chi connectivity index (χ0v) is 14.3. The average molecular weight is 305 g/mol. The van der Waals surface area contributed by atoms with Crippen LogP contribution in [-0.2, 0) is 16.0 Å². The van der Waals surface area contributed by atoms with Gasteiger partial charge in [-0.1, -0.05) is 0 Å². The minimum absolute atomic E-state index is 0.113. The highest BCUT2D eigenvalue weighted by molar-refractivity contribution is 6.04. The Kier molecular flexibility index (Phi) is 6.53. The summed E-state index contributed by atoms with van der Waals surface area (Å²) in [4.78, 5) is 32.5. The number of nitrogens with zero attached hydrogens (tertiary/aromatic N) is 3. The third-order valence-electron chi connectivity index (χ3n) is 3.95. The van der Waals surface area contributed by atoms with Crippen LogP contribution in [0.4, 0.5) is 0 Å². The normalized spacial score (nSPS) is 11.1. The van der Waals surface area contributed by atoms with Gasteiger partial charge in [-0.25, -0.2) is 0 Å². The molecule has 0 aromatic carbocycles. The quantitative estimate of drug-likeness (QED) is 0.724. The van der Waals surface area contributed by atoms with Crippen LogP contribution in [-0.4, -0.2) is 53.3 Å². The molecule has 1 heterocycles. The van der Waals surface area contributed by atoms with Crippen LogP contribution in [0.15, 0.2) is 24.5 Å². The summed E-state index contributed by atoms with van der Waals surface area (Å²) in [6.07, 6.45) is 4.23. The number of aromatic nitrogens is 1. The van der Waals surface area contributed by atoms with E-state index in [4.69, 9.17) is 0 Å². The first-order valence-electron chi connectivity index (χ1n) is 7.78. The van der Waals surface area contributed by atoms with Gasteiger partial charge in [0.15, 0.2) is 0 Å². The molecule has 1 aromatic heterocycles. The summed E-state index contributed by atoms with van der Waals surface area (Å²) >= 11 is 0. The third kappa shape index (κ3) is 4.29. The Morgan fingerprint density at radius 3 is 2.14 bits per heavy atom. The van der Waals surface area contributed by atoms with Crippen molar-refractivity contribution in [2.24, 2.45) is 5.41 Å². The van der Waals surface area contributed by atoms with Gasteiger partial charge in [-0.2, -0.15) is 0 Å². The van der Waals surface area contributed by atoms with Gasteiger partial charge in [0.05, 0.1) is 0 Å². The SMILES string of the molecule is CCN(CC)C(=O)C(C)(C)C(=O)N(C)CCc1ccncc1. The van der Waals surface area contributed by atoms with Crippen molar-refractivity contribution in [3.05, 3.63) is 30.1 Å². The zero-order chi connectivity index (χ0) is 16.8. The monoisotopic (exact) mass is 305 g/mol. The van der Waals surface area contributed by atoms with Crippen LogP contribution in [0.1, 0.15) is 33.3 Å². The topological polar surface area (TPSA) is 53.5 Å². The Morgan fingerprint density at radius 1 is 1.09 bits per heavy atom. The fraction of sp³-hybridized carbons (Fsp3) is 0.588. The molecule has 0 spiro atoms. The van der Waals surface area contributed by atoms with Crippen molar-refractivity contribution >= 4 is 11.8 Å². The largest absolute Gasteiger partial charge is 0.345 e. The van der Waals surface area contributed by atoms with Crippen molar-refractivity contribution in [1.29, 1.82) is 0 Å². The second-order valence-corrected chi connectivity index (χ2v) is 5.93. The number of pyridine rings is 1. The lowest BCUT2D eigenvalue weighted by Crippen LogP contribution is -2.50. The lowest BCUT2D eigenvalue weighted by atomic mass is 9.89. The molecule has 1 rings (SSSR count). The first kappa shape index (κ1) is 18.1. The molecule has 0 aliphatic heterocycles. The number of hydrogen-bond acceptors (Lipinski definition) is 3. The molecule has 5 nitrogen and oxygen atoms in total. The maximum absolute atomic E-state index is 12.6. The maximum Gasteiger partial charge on any atom is 0.237 e. The van der Waals surface area contributed by atoms with E-state index in [-0.39, 0.29) is 11.8 Å². The van der Waals surface area contributed by atoms with Crippen LogP contribution < -0.4 is 0 Å². The van der Waals surface area contributed by atoms with E-state index in [1.54, 1.807) is 43.1 Å². The van der Waals surface area contributed by atoms with Gasteiger partial charge in [0.1, 0.15) is 5.41 Å². The zero-order valence-electron chi connectivity index (χ0n) is 14.3. The van der Waals surface area contributed by atoms with Crippen molar-refractivity contribution in [3.8, 4) is 0 Å². The maximum atomic E-state index is 12.6. The van der Waals surface area contributed by atoms with Crippen LogP contribution in [0, 0.1) is 5.41 Å². The minimum atomic E-state index is -1.03. The highest BCUT2D eigenvalue weighted by atomic mass is 16.2. The Balaban J connectivity index is 2.69. The van der Waals surface area contributed by atoms with E-state index in [0.29, 0.717) is 19.6 Å². The minimum Gasteiger partial charge on any atom is -0.345 e. The Labute approximate surface area is 133 Å². The Hall–Kier alpha value is -1.91. The predicted molar refractivity (Wildman–Crippen MR) is 87.3 cm³/mol. The standard InChI is InChI=1S/C17H27N3O2/c1-6-20(7-2)16(22)17(3,4)15(21)19(5)13-10-14-8-11-18-12-9-14/h8-9,11-12H,6-7,10,13H2,1-5H3. The van der Waals surface area contributed by atoms with Gasteiger partial charge in [0, 0.05) is 39.1 Å². The molecule has 1 aromatic rings. The van der Waals surface area contributed by atoms with Crippen molar-refractivity contribution < 1.29 is 9.59 Å². The van der Waals surface area contributed by atoms with E-state index < -0.39 is 5.41 Å². The van der Waals surface area contributed by atoms with Crippen LogP contribution in [0.5, 0.6) is 0 Å². The molecule has 0 saturated heterocycles. The molecule has 122 valence electrons. The van der Waals surface area contributed by atoms with Gasteiger partial charge in [-0.05, 0) is 51.8 Å². The first-order chi connectivity index (χ1) is 10.3. The van der Waals surface area contributed by atoms with Gasteiger partial charge < -0.3 is 9.80 Å². The summed E-state index contributed by atoms with van der Waals surface area (Å²) < 4.78 is 0. The number of amides is 2. The molecule has 2 amide bonds. The van der Waals surface area contributed by atoms with E-state index in [9.17, 15) is 9.59 Å². The first-order valence-corrected chi connectivity index (χ1v) is 7.78. The van der Waals surface area contributed by atoms with Crippen molar-refractivity contribution in [2.75, 3.05) is 26.7 Å². The Bertz CT molecular complexity index is 496. The highest BCUT2D eigenvalue weighted by Crippen LogP contribution is 2.22. The summed E-state index contributed by atoms with van der Waals surface area (Å²) in [5, 5.41) is 0. The lowest BCUT2D eigenvalue weighted by molar-refractivity contribution is -0.153. The van der Waals surface area contributed by atoms with E-state index in [1.165, 1.54) is 0 Å². The average Bonchev–Trinajstić information content (AvgIpc) is 2.53. The van der Waals surface area contributed by atoms with Crippen molar-refractivity contribution in [3.63, 3.8) is 0 Å². The van der Waals surface area contributed by atoms with Gasteiger partial charge in [-0.15, -0.1) is 0 Å². The van der Waals surface area contributed by atoms with Gasteiger partial charge in [-0.3, -0.25) is 14.6 Å². The molecule has 0 bridgehead atoms. The van der Waals surface area contributed by atoms with Crippen LogP contribution >= 0.6 is 0 Å². The molecule has 0 unspecified atom stereocenters. The van der Waals surface area contributed by atoms with Gasteiger partial charge in [0.2, 0.25) is 11.8 Å². The number of carbonyl (C=O) groups is 2. The summed E-state index contributed by atoms with van der Waals surface area (Å²) in [5.74, 6) is -0.253. The molecule has 0 fully saturated rings. The second kappa shape index (κ2) is 7.92. The Morgan fingerprint density at radius 2 is 1.64 bits per heavy atom. The number of carbonyl (C=O) groups excluding carboxylic acids is 2. The molecule has 0 saturated carbocycles. The summed E-state index contributed by atoms with van der Waals surface area (Å²) in [6.45, 7) is 9.08. The summed E-state index contributed by atoms with van der Waals surface area (Å²) in [5.41, 5.74) is 0.0986. The molecule has 22 heavy (non-hydrogen) atoms. The van der Waals surface area contributed by atoms with Crippen LogP contribution in [0.25, 0.3) is 0 Å². The molecule has 0 aliphatic carbocycles. The molecular formula is C17H27N3O2. The number of likely N-dealkylation sites (N-methyl/N-ethyl adjacent to an activating group) is 1. The molecule has 0 aliphatic rings. The number of hydrogen-bond donors (Lipinski definition) is 0. The lowest BCUT2D eigenvalue weighted by Gasteiger charge is -2.32. The predicted octanol–water partition coefficient (Wildman–Crippen LogP) is 1.98. The second-order valence-electron chi connectivity index (χ2n) is 5.93. The summed E-state index contributed by atoms with van der Waals surface area (Å²) in [6, 6.07) is 3.87. The van der Waals surface area contributed by atoms with Crippen LogP contribution in [0.2, 0.25) is 0 Å². The van der Waals surface area contributed by atoms with E-state index in [1.807, 2.05) is 26.0 Å². The van der Waals surface area contributed by atoms with Crippen LogP contribution in [0.3, 0.4) is 0 Å². The van der Waals surface area contributed by atoms with Gasteiger partial charge >= 0.3 is 0 Å². The van der Waals surface area contributed by atoms with E-state index in [2.05, 4.69) is 4.98 Å². The van der Waals surface area contributed by atoms with Crippen molar-refractivity contribution in [1.82, 2.24) is 14.8 Å². The molecular weight excluding hydrogens is 278 g/mol. The molecule has 5 heteroatoms. The highest BCUT2D eigenvalue weighted by Gasteiger charge is 2.40. The number of rotatable bonds is 7. The van der Waals surface area contributed by atoms with E-state index >= 15 is 0 Å². The fourth-order valence-corrected chi connectivity index (χ4v) is 2.42. The molecule has 0 N–H and O–H groups in total. The third-order valence-corrected chi connectivity index (χ3v) is 3.95. The fourth-order valence-electron chi connectivity index (χ4n) is 2.42. The molecule has 0 radical (unpaired) electrons. The smallest absolute Gasteiger partial charge is 0.237 e. The van der Waals surface area contributed by atoms with Gasteiger partial charge in [0.25, 0.3) is 0 Å². The summed E-state index contributed by atoms with van der Waals surface area (Å²) in [7, 11) is 1.75. The van der Waals surface area contributed by atoms with Crippen molar-refractivity contribution in [2.45, 2.75) is 34.1 Å². The molecule has 0 atom stereocenters. The van der Waals surface area contributed by atoms with E-state index in [0.717, 1.165) is 12.0 Å².